The average molecular weight is 547 g/mol. The van der Waals surface area contributed by atoms with Crippen molar-refractivity contribution in [3.05, 3.63) is 149 Å². The van der Waals surface area contributed by atoms with Crippen molar-refractivity contribution in [2.45, 2.75) is 37.5 Å². The highest BCUT2D eigenvalue weighted by molar-refractivity contribution is 5.60. The third-order valence-corrected chi connectivity index (χ3v) is 8.45. The highest BCUT2D eigenvalue weighted by Gasteiger charge is 2.40. The van der Waals surface area contributed by atoms with Gasteiger partial charge in [0.25, 0.3) is 0 Å². The summed E-state index contributed by atoms with van der Waals surface area (Å²) in [7, 11) is 0. The summed E-state index contributed by atoms with van der Waals surface area (Å²) in [4.78, 5) is 0. The van der Waals surface area contributed by atoms with Gasteiger partial charge < -0.3 is 25.5 Å². The van der Waals surface area contributed by atoms with Crippen LogP contribution in [0.5, 0.6) is 28.7 Å². The second-order valence-corrected chi connectivity index (χ2v) is 10.4. The Kier molecular flexibility index (Phi) is 7.38. The van der Waals surface area contributed by atoms with Gasteiger partial charge in [0.05, 0.1) is 0 Å². The molecule has 0 saturated carbocycles. The van der Waals surface area contributed by atoms with Gasteiger partial charge >= 0.3 is 0 Å². The van der Waals surface area contributed by atoms with Crippen molar-refractivity contribution in [3.8, 4) is 28.7 Å². The minimum Gasteiger partial charge on any atom is -0.508 e. The molecule has 0 aliphatic heterocycles. The molecule has 5 nitrogen and oxygen atoms in total. The van der Waals surface area contributed by atoms with Crippen molar-refractivity contribution < 1.29 is 25.5 Å². The van der Waals surface area contributed by atoms with Gasteiger partial charge in [-0.1, -0.05) is 68.4 Å². The van der Waals surface area contributed by atoms with E-state index in [-0.39, 0.29) is 28.7 Å². The molecule has 0 atom stereocenters. The minimum atomic E-state index is -0.815. The molecule has 0 bridgehead atoms. The molecule has 0 aliphatic rings. The van der Waals surface area contributed by atoms with E-state index in [0.717, 1.165) is 27.8 Å². The van der Waals surface area contributed by atoms with Crippen LogP contribution in [0.4, 0.5) is 0 Å². The molecule has 0 spiro atoms. The average Bonchev–Trinajstić information content (AvgIpc) is 2.99. The molecule has 0 amide bonds. The first-order valence-corrected chi connectivity index (χ1v) is 13.8. The summed E-state index contributed by atoms with van der Waals surface area (Å²) in [5, 5.41) is 51.8. The van der Waals surface area contributed by atoms with E-state index in [1.165, 1.54) is 0 Å². The van der Waals surface area contributed by atoms with Crippen molar-refractivity contribution in [1.29, 1.82) is 0 Å². The fourth-order valence-corrected chi connectivity index (χ4v) is 6.32. The van der Waals surface area contributed by atoms with E-state index in [2.05, 4.69) is 13.8 Å². The number of benzene rings is 5. The van der Waals surface area contributed by atoms with Gasteiger partial charge in [0.2, 0.25) is 0 Å². The van der Waals surface area contributed by atoms with Crippen LogP contribution in [-0.2, 0) is 10.8 Å². The predicted molar refractivity (Wildman–Crippen MR) is 161 cm³/mol. The number of phenols is 5. The zero-order valence-electron chi connectivity index (χ0n) is 23.1. The molecule has 5 rings (SSSR count). The largest absolute Gasteiger partial charge is 0.508 e. The summed E-state index contributed by atoms with van der Waals surface area (Å²) in [6.07, 6.45) is 1.24. The Hall–Kier alpha value is -4.90. The van der Waals surface area contributed by atoms with Gasteiger partial charge in [0.1, 0.15) is 28.7 Å². The van der Waals surface area contributed by atoms with E-state index in [9.17, 15) is 25.5 Å². The maximum Gasteiger partial charge on any atom is 0.120 e. The molecule has 0 aliphatic carbocycles. The molecule has 0 saturated heterocycles. The number of aromatic hydroxyl groups is 5. The SMILES string of the molecule is CCC(c1ccc(O)cc1)(c1ccc(O)cc1)c1ccc(O)c(C(CC)(c2ccc(O)cc2)c2ccc(O)cc2)c1. The molecular weight excluding hydrogens is 512 g/mol. The molecule has 5 aromatic carbocycles. The van der Waals surface area contributed by atoms with Gasteiger partial charge in [-0.2, -0.15) is 0 Å². The van der Waals surface area contributed by atoms with E-state index in [1.54, 1.807) is 54.6 Å². The predicted octanol–water partition coefficient (Wildman–Crippen LogP) is 7.70. The molecule has 0 unspecified atom stereocenters. The van der Waals surface area contributed by atoms with Crippen LogP contribution in [0.15, 0.2) is 115 Å². The van der Waals surface area contributed by atoms with Gasteiger partial charge in [-0.25, -0.2) is 0 Å². The molecule has 0 radical (unpaired) electrons. The van der Waals surface area contributed by atoms with Crippen molar-refractivity contribution >= 4 is 0 Å². The van der Waals surface area contributed by atoms with Crippen LogP contribution in [0.1, 0.15) is 60.1 Å². The smallest absolute Gasteiger partial charge is 0.120 e. The van der Waals surface area contributed by atoms with E-state index in [4.69, 9.17) is 0 Å². The number of phenolic OH excluding ortho intramolecular Hbond substituents is 5. The lowest BCUT2D eigenvalue weighted by molar-refractivity contribution is 0.446. The highest BCUT2D eigenvalue weighted by Crippen LogP contribution is 2.50. The van der Waals surface area contributed by atoms with Crippen LogP contribution in [0.25, 0.3) is 0 Å². The molecule has 5 N–H and O–H groups in total. The van der Waals surface area contributed by atoms with Crippen LogP contribution < -0.4 is 0 Å². The Bertz CT molecular complexity index is 1530. The Morgan fingerprint density at radius 3 is 1.00 bits per heavy atom. The van der Waals surface area contributed by atoms with Gasteiger partial charge in [-0.05, 0) is 101 Å². The quantitative estimate of drug-likeness (QED) is 0.128. The highest BCUT2D eigenvalue weighted by atomic mass is 16.3. The Morgan fingerprint density at radius 1 is 0.390 bits per heavy atom. The normalized spacial score (nSPS) is 11.9. The summed E-state index contributed by atoms with van der Waals surface area (Å²) in [5.74, 6) is 0.748. The summed E-state index contributed by atoms with van der Waals surface area (Å²) < 4.78 is 0. The molecule has 0 aromatic heterocycles. The minimum absolute atomic E-state index is 0.123. The summed E-state index contributed by atoms with van der Waals surface area (Å²) in [6, 6.07) is 34.0. The second-order valence-electron chi connectivity index (χ2n) is 10.4. The summed E-state index contributed by atoms with van der Waals surface area (Å²) in [6.45, 7) is 4.15. The monoisotopic (exact) mass is 546 g/mol. The zero-order valence-corrected chi connectivity index (χ0v) is 23.1. The van der Waals surface area contributed by atoms with Crippen LogP contribution in [-0.4, -0.2) is 25.5 Å². The fourth-order valence-electron chi connectivity index (χ4n) is 6.32. The maximum atomic E-state index is 11.5. The van der Waals surface area contributed by atoms with Gasteiger partial charge in [-0.3, -0.25) is 0 Å². The summed E-state index contributed by atoms with van der Waals surface area (Å²) >= 11 is 0. The Morgan fingerprint density at radius 2 is 0.683 bits per heavy atom. The molecule has 0 fully saturated rings. The molecule has 41 heavy (non-hydrogen) atoms. The molecule has 0 heterocycles. The summed E-state index contributed by atoms with van der Waals surface area (Å²) in [5.41, 5.74) is 3.80. The topological polar surface area (TPSA) is 101 Å². The number of rotatable bonds is 8. The number of hydrogen-bond donors (Lipinski definition) is 5. The van der Waals surface area contributed by atoms with Crippen LogP contribution in [0, 0.1) is 0 Å². The molecule has 5 aromatic rings. The van der Waals surface area contributed by atoms with Crippen molar-refractivity contribution in [3.63, 3.8) is 0 Å². The first-order chi connectivity index (χ1) is 19.7. The van der Waals surface area contributed by atoms with E-state index >= 15 is 0 Å². The first kappa shape index (κ1) is 27.7. The van der Waals surface area contributed by atoms with Crippen molar-refractivity contribution in [2.75, 3.05) is 0 Å². The van der Waals surface area contributed by atoms with Gasteiger partial charge in [0, 0.05) is 16.4 Å². The first-order valence-electron chi connectivity index (χ1n) is 13.8. The standard InChI is InChI=1S/C36H34O5/c1-3-35(24-5-14-29(37)15-6-24,25-7-16-30(38)17-8-25)28-13-22-34(41)33(23-28)36(4-2,26-9-18-31(39)19-10-26)27-11-20-32(40)21-12-27/h5-23,37-41H,3-4H2,1-2H3. The Balaban J connectivity index is 1.84. The maximum absolute atomic E-state index is 11.5. The second kappa shape index (κ2) is 10.9. The lowest BCUT2D eigenvalue weighted by atomic mass is 9.63. The third kappa shape index (κ3) is 4.74. The van der Waals surface area contributed by atoms with Crippen LogP contribution in [0.2, 0.25) is 0 Å². The van der Waals surface area contributed by atoms with Gasteiger partial charge in [-0.15, -0.1) is 0 Å². The van der Waals surface area contributed by atoms with E-state index in [1.807, 2.05) is 60.7 Å². The van der Waals surface area contributed by atoms with Crippen LogP contribution in [0.3, 0.4) is 0 Å². The zero-order chi connectivity index (χ0) is 29.2. The fraction of sp³-hybridized carbons (Fsp3) is 0.167. The Labute approximate surface area is 240 Å². The van der Waals surface area contributed by atoms with Gasteiger partial charge in [0.15, 0.2) is 0 Å². The van der Waals surface area contributed by atoms with E-state index in [0.29, 0.717) is 18.4 Å². The molecule has 5 heteroatoms. The van der Waals surface area contributed by atoms with Crippen molar-refractivity contribution in [1.82, 2.24) is 0 Å². The van der Waals surface area contributed by atoms with Crippen LogP contribution >= 0.6 is 0 Å². The lowest BCUT2D eigenvalue weighted by Gasteiger charge is -2.39. The third-order valence-electron chi connectivity index (χ3n) is 8.45. The number of hydrogen-bond acceptors (Lipinski definition) is 5. The van der Waals surface area contributed by atoms with E-state index < -0.39 is 10.8 Å². The van der Waals surface area contributed by atoms with Crippen molar-refractivity contribution in [2.24, 2.45) is 0 Å². The molecule has 208 valence electrons. The molecular formula is C36H34O5. The lowest BCUT2D eigenvalue weighted by Crippen LogP contribution is -2.32.